The predicted molar refractivity (Wildman–Crippen MR) is 387 cm³/mol. The minimum Gasteiger partial charge on any atom is -0.481 e. The van der Waals surface area contributed by atoms with E-state index >= 15 is 0 Å². The molecule has 34 nitrogen and oxygen atoms in total. The van der Waals surface area contributed by atoms with Gasteiger partial charge in [-0.15, -0.1) is 0 Å². The van der Waals surface area contributed by atoms with Crippen LogP contribution in [0.5, 0.6) is 0 Å². The number of aliphatic hydroxyl groups is 1. The van der Waals surface area contributed by atoms with Gasteiger partial charge in [0.05, 0.1) is 30.7 Å². The molecule has 4 heterocycles. The normalized spacial score (nSPS) is 23.1. The average Bonchev–Trinajstić information content (AvgIpc) is 1.72. The first kappa shape index (κ1) is 83.5. The van der Waals surface area contributed by atoms with E-state index in [1.54, 1.807) is 95.5 Å². The summed E-state index contributed by atoms with van der Waals surface area (Å²) in [5.41, 5.74) is 2.74. The van der Waals surface area contributed by atoms with Crippen LogP contribution in [0.3, 0.4) is 0 Å². The van der Waals surface area contributed by atoms with Crippen molar-refractivity contribution >= 4 is 116 Å². The molecule has 6 rings (SSSR count). The summed E-state index contributed by atoms with van der Waals surface area (Å²) in [5.74, 6) is -14.2. The Hall–Kier alpha value is -10.4. The maximum Gasteiger partial charge on any atom is 0.303 e. The highest BCUT2D eigenvalue weighted by Crippen LogP contribution is 2.22. The summed E-state index contributed by atoms with van der Waals surface area (Å²) in [6.45, 7) is 10.2. The SMILES string of the molecule is CC[C@@H]1NC(=O)[C@H](CC(C)C)NC(=O)[C@H](CCC(=O)O)NC(=O)CNC(=O)[C@H](CC(C)C)NC(=O)[C@H](Cc2c[nH]cn2)NC(=O)[C@H](Cc2c[nH]c3ccccc23)NC(=O)[C@H](C)NC(=O)[C@@H](NC(=O)[C@H](CCC(=O)O)NC)CSCC[C@@H](C(=O)NC[C@@H](C)O)NC(=O)[C@H](Cc2c[nH]c3ccccc23)NC1=O. The van der Waals surface area contributed by atoms with Gasteiger partial charge in [0, 0.05) is 84.8 Å². The standard InChI is InChI=1S/C70H99N17O17S/c1-9-45-63(97)85-54(27-41-31-74-47-17-13-11-15-44(41)47)67(101)81-50(61(95)75-29-38(6)88)22-23-105-34-56(87-64(98)48(71-8)18-20-58(90)91)70(104)78-39(7)60(94)82-53(26-40-30-73-46-16-12-10-14-43(40)46)68(102)86-55(28-42-32-72-35-77-42)69(103)83-51(24-36(2)3)62(96)76-33-57(89)79-49(19-21-59(92)93)65(99)84-52(25-37(4)5)66(100)80-45/h10-17,30-32,35-39,45,48-56,71,73-74,88H,9,18-29,33-34H2,1-8H3,(H,72,77)(H,75,95)(H,76,96)(H,78,104)(H,79,89)(H,80,100)(H,81,101)(H,82,94)(H,83,103)(H,84,99)(H,85,97)(H,86,102)(H,87,98)(H,90,91)(H,92,93)/t38-,39+,45+,48+,49+,50+,51+,52+,53+,54+,55+,56+/m1/s1. The number of aromatic nitrogens is 4. The van der Waals surface area contributed by atoms with Crippen molar-refractivity contribution in [2.45, 2.75) is 192 Å². The number of benzene rings is 2. The summed E-state index contributed by atoms with van der Waals surface area (Å²) in [4.78, 5) is 210. The summed E-state index contributed by atoms with van der Waals surface area (Å²) in [6.07, 6.45) is 2.23. The van der Waals surface area contributed by atoms with Gasteiger partial charge in [0.2, 0.25) is 70.9 Å². The molecule has 35 heteroatoms. The fourth-order valence-corrected chi connectivity index (χ4v) is 12.6. The van der Waals surface area contributed by atoms with Crippen molar-refractivity contribution in [3.8, 4) is 0 Å². The smallest absolute Gasteiger partial charge is 0.303 e. The van der Waals surface area contributed by atoms with E-state index in [2.05, 4.69) is 89.1 Å². The van der Waals surface area contributed by atoms with E-state index in [0.717, 1.165) is 11.8 Å². The highest BCUT2D eigenvalue weighted by Gasteiger charge is 2.37. The first-order chi connectivity index (χ1) is 49.9. The van der Waals surface area contributed by atoms with Gasteiger partial charge >= 0.3 is 11.9 Å². The molecule has 1 aliphatic rings. The number of hydrogen-bond acceptors (Lipinski definition) is 18. The third-order valence-corrected chi connectivity index (χ3v) is 18.3. The molecule has 5 aromatic rings. The number of H-pyrrole nitrogens is 3. The highest BCUT2D eigenvalue weighted by molar-refractivity contribution is 7.99. The van der Waals surface area contributed by atoms with Crippen LogP contribution in [0.1, 0.15) is 117 Å². The quantitative estimate of drug-likeness (QED) is 0.0367. The van der Waals surface area contributed by atoms with Gasteiger partial charge in [-0.25, -0.2) is 4.98 Å². The number of carbonyl (C=O) groups is 14. The van der Waals surface area contributed by atoms with E-state index in [4.69, 9.17) is 0 Å². The Balaban J connectivity index is 1.41. The fraction of sp³-hybridized carbons (Fsp3) is 0.529. The van der Waals surface area contributed by atoms with Crippen LogP contribution in [0.25, 0.3) is 21.8 Å². The van der Waals surface area contributed by atoms with Crippen molar-refractivity contribution in [2.24, 2.45) is 11.8 Å². The maximum atomic E-state index is 14.9. The van der Waals surface area contributed by atoms with Crippen LogP contribution in [0, 0.1) is 11.8 Å². The molecule has 1 saturated heterocycles. The van der Waals surface area contributed by atoms with Crippen LogP contribution < -0.4 is 69.1 Å². The summed E-state index contributed by atoms with van der Waals surface area (Å²) >= 11 is 1.02. The molecule has 0 aliphatic carbocycles. The first-order valence-corrected chi connectivity index (χ1v) is 36.1. The van der Waals surface area contributed by atoms with Crippen molar-refractivity contribution in [1.82, 2.24) is 89.1 Å². The molecule has 0 saturated carbocycles. The van der Waals surface area contributed by atoms with Gasteiger partial charge in [-0.2, -0.15) is 11.8 Å². The lowest BCUT2D eigenvalue weighted by Gasteiger charge is -2.27. The highest BCUT2D eigenvalue weighted by atomic mass is 32.2. The number of carbonyl (C=O) groups excluding carboxylic acids is 12. The van der Waals surface area contributed by atoms with E-state index in [1.807, 2.05) is 0 Å². The number of likely N-dealkylation sites (N-methyl/N-ethyl adjacent to an activating group) is 1. The largest absolute Gasteiger partial charge is 0.481 e. The minimum atomic E-state index is -1.62. The summed E-state index contributed by atoms with van der Waals surface area (Å²) in [6, 6.07) is -1.60. The molecular weight excluding hydrogens is 1380 g/mol. The number of imidazole rings is 1. The molecule has 105 heavy (non-hydrogen) atoms. The Morgan fingerprint density at radius 1 is 0.590 bits per heavy atom. The Morgan fingerprint density at radius 2 is 1.10 bits per heavy atom. The molecule has 1 aliphatic heterocycles. The van der Waals surface area contributed by atoms with Crippen LogP contribution in [0.2, 0.25) is 0 Å². The molecule has 0 bridgehead atoms. The van der Waals surface area contributed by atoms with Gasteiger partial charge in [-0.3, -0.25) is 67.1 Å². The second-order valence-electron chi connectivity index (χ2n) is 26.8. The number of aliphatic carboxylic acids is 2. The number of nitrogens with zero attached hydrogens (tertiary/aromatic N) is 1. The number of thioether (sulfide) groups is 1. The van der Waals surface area contributed by atoms with Crippen LogP contribution in [0.4, 0.5) is 0 Å². The number of fused-ring (bicyclic) bond motifs is 2. The van der Waals surface area contributed by atoms with Gasteiger partial charge in [-0.1, -0.05) is 71.0 Å². The molecule has 2 aromatic carbocycles. The summed E-state index contributed by atoms with van der Waals surface area (Å²) in [7, 11) is 1.41. The number of aliphatic hydroxyl groups excluding tert-OH is 1. The number of aromatic amines is 3. The van der Waals surface area contributed by atoms with E-state index in [9.17, 15) is 82.4 Å². The molecule has 3 aromatic heterocycles. The monoisotopic (exact) mass is 1480 g/mol. The number of amides is 12. The van der Waals surface area contributed by atoms with Crippen LogP contribution >= 0.6 is 11.8 Å². The molecule has 19 N–H and O–H groups in total. The van der Waals surface area contributed by atoms with Crippen molar-refractivity contribution < 1.29 is 82.4 Å². The van der Waals surface area contributed by atoms with Crippen LogP contribution in [-0.4, -0.2) is 222 Å². The second-order valence-corrected chi connectivity index (χ2v) is 27.9. The molecule has 12 atom stereocenters. The van der Waals surface area contributed by atoms with Gasteiger partial charge in [0.15, 0.2) is 0 Å². The molecule has 572 valence electrons. The Morgan fingerprint density at radius 3 is 1.63 bits per heavy atom. The van der Waals surface area contributed by atoms with Gasteiger partial charge in [0.25, 0.3) is 0 Å². The number of carboxylic acid groups (broad SMARTS) is 2. The Kier molecular flexibility index (Phi) is 32.7. The zero-order valence-corrected chi connectivity index (χ0v) is 60.8. The van der Waals surface area contributed by atoms with E-state index in [-0.39, 0.29) is 86.9 Å². The molecule has 12 amide bonds. The minimum absolute atomic E-state index is 0.0235. The van der Waals surface area contributed by atoms with Gasteiger partial charge in [0.1, 0.15) is 60.4 Å². The summed E-state index contributed by atoms with van der Waals surface area (Å²) < 4.78 is 0. The topological polar surface area (TPSA) is 516 Å². The van der Waals surface area contributed by atoms with E-state index in [0.29, 0.717) is 32.9 Å². The van der Waals surface area contributed by atoms with E-state index in [1.165, 1.54) is 33.4 Å². The van der Waals surface area contributed by atoms with Gasteiger partial charge < -0.3 is 99.4 Å². The lowest BCUT2D eigenvalue weighted by molar-refractivity contribution is -0.139. The molecule has 1 fully saturated rings. The molecule has 0 spiro atoms. The van der Waals surface area contributed by atoms with Crippen molar-refractivity contribution in [2.75, 3.05) is 31.6 Å². The average molecular weight is 1480 g/mol. The Bertz CT molecular complexity index is 3840. The summed E-state index contributed by atoms with van der Waals surface area (Å²) in [5, 5.41) is 65.1. The van der Waals surface area contributed by atoms with Crippen molar-refractivity contribution in [1.29, 1.82) is 0 Å². The number of hydrogen-bond donors (Lipinski definition) is 19. The fourth-order valence-electron chi connectivity index (χ4n) is 11.6. The molecule has 0 radical (unpaired) electrons. The maximum absolute atomic E-state index is 14.9. The third kappa shape index (κ3) is 26.7. The van der Waals surface area contributed by atoms with Crippen LogP contribution in [-0.2, 0) is 86.4 Å². The zero-order valence-electron chi connectivity index (χ0n) is 60.0. The third-order valence-electron chi connectivity index (χ3n) is 17.2. The van der Waals surface area contributed by atoms with Crippen molar-refractivity contribution in [3.05, 3.63) is 90.3 Å². The number of rotatable bonds is 23. The van der Waals surface area contributed by atoms with Crippen molar-refractivity contribution in [3.63, 3.8) is 0 Å². The predicted octanol–water partition coefficient (Wildman–Crippen LogP) is -1.16. The lowest BCUT2D eigenvalue weighted by atomic mass is 10.0. The van der Waals surface area contributed by atoms with E-state index < -0.39 is 181 Å². The van der Waals surface area contributed by atoms with Crippen LogP contribution in [0.15, 0.2) is 73.4 Å². The number of para-hydroxylation sites is 2. The first-order valence-electron chi connectivity index (χ1n) is 35.0. The Labute approximate surface area is 610 Å². The number of carboxylic acids is 2. The van der Waals surface area contributed by atoms with Gasteiger partial charge in [-0.05, 0) is 100 Å². The zero-order chi connectivity index (χ0) is 77.0. The lowest BCUT2D eigenvalue weighted by Crippen LogP contribution is -2.60. The molecule has 0 unspecified atom stereocenters. The number of nitrogens with one attached hydrogen (secondary N) is 16. The second kappa shape index (κ2) is 41.2. The molecular formula is C70H99N17O17S.